The number of amides is 2. The summed E-state index contributed by atoms with van der Waals surface area (Å²) < 4.78 is 5.32. The number of carbonyl (C=O) groups is 1. The molecule has 1 fully saturated rings. The highest BCUT2D eigenvalue weighted by atomic mass is 16.5. The Balaban J connectivity index is 1.39. The fraction of sp³-hybridized carbons (Fsp3) is 0.286. The first-order valence-corrected chi connectivity index (χ1v) is 12.5. The number of hydrogen-bond acceptors (Lipinski definition) is 6. The van der Waals surface area contributed by atoms with Crippen molar-refractivity contribution in [3.8, 4) is 17.0 Å². The number of ether oxygens (including phenoxy) is 1. The summed E-state index contributed by atoms with van der Waals surface area (Å²) in [5, 5.41) is 7.49. The van der Waals surface area contributed by atoms with E-state index in [9.17, 15) is 9.59 Å². The van der Waals surface area contributed by atoms with E-state index < -0.39 is 0 Å². The van der Waals surface area contributed by atoms with Crippen LogP contribution in [0.25, 0.3) is 22.0 Å². The van der Waals surface area contributed by atoms with E-state index in [1.165, 1.54) is 5.56 Å². The monoisotopic (exact) mass is 498 g/mol. The number of anilines is 2. The molecule has 0 aliphatic carbocycles. The first-order valence-electron chi connectivity index (χ1n) is 12.5. The summed E-state index contributed by atoms with van der Waals surface area (Å²) in [5.41, 5.74) is 3.34. The zero-order valence-electron chi connectivity index (χ0n) is 21.0. The number of nitrogens with zero attached hydrogens (tertiary/aromatic N) is 3. The summed E-state index contributed by atoms with van der Waals surface area (Å²) in [4.78, 5) is 38.5. The molecule has 37 heavy (non-hydrogen) atoms. The molecule has 1 aliphatic heterocycles. The number of likely N-dealkylation sites (tertiary alicyclic amines) is 1. The number of rotatable bonds is 6. The normalized spacial score (nSPS) is 13.9. The van der Waals surface area contributed by atoms with Crippen LogP contribution >= 0.6 is 0 Å². The first-order chi connectivity index (χ1) is 18.1. The molecular weight excluding hydrogens is 468 g/mol. The van der Waals surface area contributed by atoms with Crippen molar-refractivity contribution in [1.29, 1.82) is 0 Å². The molecule has 0 radical (unpaired) electrons. The van der Waals surface area contributed by atoms with Crippen molar-refractivity contribution < 1.29 is 9.53 Å². The Labute approximate surface area is 214 Å². The number of hydrogen-bond donors (Lipinski definition) is 3. The summed E-state index contributed by atoms with van der Waals surface area (Å²) in [6.07, 6.45) is 6.86. The fourth-order valence-corrected chi connectivity index (χ4v) is 4.78. The lowest BCUT2D eigenvalue weighted by Crippen LogP contribution is -2.44. The summed E-state index contributed by atoms with van der Waals surface area (Å²) in [7, 11) is 1.59. The van der Waals surface area contributed by atoms with Gasteiger partial charge in [-0.25, -0.2) is 9.78 Å². The highest BCUT2D eigenvalue weighted by molar-refractivity contribution is 5.95. The van der Waals surface area contributed by atoms with E-state index in [1.54, 1.807) is 25.7 Å². The number of pyridine rings is 3. The van der Waals surface area contributed by atoms with Crippen molar-refractivity contribution >= 4 is 28.3 Å². The van der Waals surface area contributed by atoms with Crippen LogP contribution < -0.4 is 20.9 Å². The zero-order chi connectivity index (χ0) is 25.8. The predicted molar refractivity (Wildman–Crippen MR) is 144 cm³/mol. The first kappa shape index (κ1) is 24.3. The van der Waals surface area contributed by atoms with Crippen molar-refractivity contribution in [1.82, 2.24) is 25.2 Å². The lowest BCUT2D eigenvalue weighted by Gasteiger charge is -2.32. The van der Waals surface area contributed by atoms with Gasteiger partial charge in [0.15, 0.2) is 0 Å². The topological polar surface area (TPSA) is 112 Å². The minimum absolute atomic E-state index is 0.0159. The zero-order valence-corrected chi connectivity index (χ0v) is 21.0. The van der Waals surface area contributed by atoms with Gasteiger partial charge in [0.2, 0.25) is 0 Å². The molecule has 0 unspecified atom stereocenters. The van der Waals surface area contributed by atoms with E-state index in [1.807, 2.05) is 42.2 Å². The Morgan fingerprint density at radius 2 is 1.92 bits per heavy atom. The molecule has 1 aliphatic rings. The van der Waals surface area contributed by atoms with Crippen LogP contribution in [0.3, 0.4) is 0 Å². The van der Waals surface area contributed by atoms with E-state index in [4.69, 9.17) is 9.72 Å². The molecular formula is C28H30N6O3. The smallest absolute Gasteiger partial charge is 0.317 e. The molecule has 4 heterocycles. The minimum atomic E-state index is -0.210. The summed E-state index contributed by atoms with van der Waals surface area (Å²) in [5.74, 6) is 1.51. The van der Waals surface area contributed by atoms with E-state index >= 15 is 0 Å². The molecule has 0 bridgehead atoms. The third-order valence-electron chi connectivity index (χ3n) is 6.75. The average molecular weight is 499 g/mol. The lowest BCUT2D eigenvalue weighted by atomic mass is 9.89. The minimum Gasteiger partial charge on any atom is -0.495 e. The average Bonchev–Trinajstić information content (AvgIpc) is 2.93. The molecule has 0 atom stereocenters. The van der Waals surface area contributed by atoms with Crippen LogP contribution in [0.2, 0.25) is 0 Å². The van der Waals surface area contributed by atoms with Crippen molar-refractivity contribution in [2.75, 3.05) is 32.1 Å². The molecule has 190 valence electrons. The Bertz CT molecular complexity index is 1460. The number of aromatic amines is 1. The highest BCUT2D eigenvalue weighted by Crippen LogP contribution is 2.31. The second-order valence-corrected chi connectivity index (χ2v) is 9.08. The van der Waals surface area contributed by atoms with Gasteiger partial charge in [0, 0.05) is 43.3 Å². The van der Waals surface area contributed by atoms with Gasteiger partial charge < -0.3 is 25.3 Å². The van der Waals surface area contributed by atoms with Gasteiger partial charge in [0.1, 0.15) is 11.6 Å². The van der Waals surface area contributed by atoms with Crippen molar-refractivity contribution in [3.63, 3.8) is 0 Å². The molecule has 3 aromatic heterocycles. The molecule has 9 nitrogen and oxygen atoms in total. The maximum absolute atomic E-state index is 12.7. The summed E-state index contributed by atoms with van der Waals surface area (Å²) >= 11 is 0. The molecule has 9 heteroatoms. The van der Waals surface area contributed by atoms with Gasteiger partial charge in [-0.1, -0.05) is 12.1 Å². The number of methoxy groups -OCH3 is 1. The van der Waals surface area contributed by atoms with Gasteiger partial charge in [0.05, 0.1) is 24.4 Å². The van der Waals surface area contributed by atoms with E-state index in [0.29, 0.717) is 35.1 Å². The third-order valence-corrected chi connectivity index (χ3v) is 6.75. The Morgan fingerprint density at radius 1 is 1.14 bits per heavy atom. The van der Waals surface area contributed by atoms with E-state index in [-0.39, 0.29) is 11.6 Å². The summed E-state index contributed by atoms with van der Waals surface area (Å²) in [6, 6.07) is 13.9. The van der Waals surface area contributed by atoms with Gasteiger partial charge in [-0.3, -0.25) is 9.78 Å². The molecule has 0 saturated carbocycles. The molecule has 5 rings (SSSR count). The van der Waals surface area contributed by atoms with Crippen LogP contribution in [-0.4, -0.2) is 52.6 Å². The van der Waals surface area contributed by atoms with Crippen molar-refractivity contribution in [2.45, 2.75) is 25.7 Å². The molecule has 2 amide bonds. The molecule has 1 aromatic carbocycles. The van der Waals surface area contributed by atoms with Crippen LogP contribution in [0.5, 0.6) is 5.75 Å². The predicted octanol–water partition coefficient (Wildman–Crippen LogP) is 4.65. The van der Waals surface area contributed by atoms with Gasteiger partial charge in [-0.15, -0.1) is 0 Å². The standard InChI is InChI=1S/C28H30N6O3/c1-3-30-28(36)34-12-9-19(10-13-34)18-4-6-22(7-5-18)32-26-25-20(8-11-31-27(25)35)15-24(33-26)21-14-23(37-2)17-29-16-21/h4-8,11,14-17,19H,3,9-10,12-13H2,1-2H3,(H,30,36)(H,31,35)(H,32,33). The fourth-order valence-electron chi connectivity index (χ4n) is 4.78. The van der Waals surface area contributed by atoms with Crippen LogP contribution in [0.15, 0.2) is 65.8 Å². The quantitative estimate of drug-likeness (QED) is 0.357. The lowest BCUT2D eigenvalue weighted by molar-refractivity contribution is 0.182. The Morgan fingerprint density at radius 3 is 2.65 bits per heavy atom. The second kappa shape index (κ2) is 10.7. The second-order valence-electron chi connectivity index (χ2n) is 9.08. The number of piperidine rings is 1. The molecule has 1 saturated heterocycles. The van der Waals surface area contributed by atoms with E-state index in [0.717, 1.165) is 42.6 Å². The number of urea groups is 1. The third kappa shape index (κ3) is 5.25. The number of H-pyrrole nitrogens is 1. The van der Waals surface area contributed by atoms with Crippen LogP contribution in [0.4, 0.5) is 16.3 Å². The maximum atomic E-state index is 12.7. The largest absolute Gasteiger partial charge is 0.495 e. The van der Waals surface area contributed by atoms with Gasteiger partial charge in [0.25, 0.3) is 5.56 Å². The van der Waals surface area contributed by atoms with Gasteiger partial charge in [-0.05, 0) is 67.0 Å². The molecule has 0 spiro atoms. The number of nitrogens with one attached hydrogen (secondary N) is 3. The van der Waals surface area contributed by atoms with Crippen LogP contribution in [-0.2, 0) is 0 Å². The Kier molecular flexibility index (Phi) is 7.02. The SMILES string of the molecule is CCNC(=O)N1CCC(c2ccc(Nc3nc(-c4cncc(OC)c4)cc4cc[nH]c(=O)c34)cc2)CC1. The van der Waals surface area contributed by atoms with E-state index in [2.05, 4.69) is 32.7 Å². The highest BCUT2D eigenvalue weighted by Gasteiger charge is 2.23. The summed E-state index contributed by atoms with van der Waals surface area (Å²) in [6.45, 7) is 4.08. The van der Waals surface area contributed by atoms with Crippen LogP contribution in [0, 0.1) is 0 Å². The Hall–Kier alpha value is -4.40. The van der Waals surface area contributed by atoms with Gasteiger partial charge >= 0.3 is 6.03 Å². The molecule has 3 N–H and O–H groups in total. The number of fused-ring (bicyclic) bond motifs is 1. The van der Waals surface area contributed by atoms with Crippen molar-refractivity contribution in [3.05, 3.63) is 77.0 Å². The van der Waals surface area contributed by atoms with Crippen LogP contribution in [0.1, 0.15) is 31.2 Å². The maximum Gasteiger partial charge on any atom is 0.317 e. The number of carbonyl (C=O) groups excluding carboxylic acids is 1. The van der Waals surface area contributed by atoms with Crippen molar-refractivity contribution in [2.24, 2.45) is 0 Å². The number of aromatic nitrogens is 3. The number of benzene rings is 1. The molecule has 4 aromatic rings. The van der Waals surface area contributed by atoms with Gasteiger partial charge in [-0.2, -0.15) is 0 Å².